The predicted octanol–water partition coefficient (Wildman–Crippen LogP) is 2.66. The van der Waals surface area contributed by atoms with Crippen LogP contribution < -0.4 is 10.6 Å². The minimum Gasteiger partial charge on any atom is -0.374 e. The first kappa shape index (κ1) is 13.8. The van der Waals surface area contributed by atoms with Gasteiger partial charge in [0.2, 0.25) is 5.91 Å². The van der Waals surface area contributed by atoms with Gasteiger partial charge in [0.25, 0.3) is 0 Å². The number of carbonyl (C=O) groups excluding carboxylic acids is 1. The van der Waals surface area contributed by atoms with Gasteiger partial charge in [0.15, 0.2) is 0 Å². The molecule has 1 amide bonds. The number of amides is 1. The Labute approximate surface area is 105 Å². The van der Waals surface area contributed by atoms with Crippen molar-refractivity contribution in [3.05, 3.63) is 29.0 Å². The molecular weight excluding hydrogens is 243 g/mol. The predicted molar refractivity (Wildman–Crippen MR) is 67.7 cm³/mol. The molecule has 0 spiro atoms. The zero-order chi connectivity index (χ0) is 12.8. The third kappa shape index (κ3) is 5.04. The molecule has 0 aliphatic carbocycles. The molecule has 0 atom stereocenters. The lowest BCUT2D eigenvalue weighted by atomic mass is 10.2. The van der Waals surface area contributed by atoms with Gasteiger partial charge in [-0.15, -0.1) is 0 Å². The summed E-state index contributed by atoms with van der Waals surface area (Å²) in [6, 6.07) is 4.17. The normalized spacial score (nSPS) is 10.4. The smallest absolute Gasteiger partial charge is 0.239 e. The summed E-state index contributed by atoms with van der Waals surface area (Å²) in [5, 5.41) is 5.86. The number of benzene rings is 1. The molecule has 0 unspecified atom stereocenters. The summed E-state index contributed by atoms with van der Waals surface area (Å²) in [5.74, 6) is -0.203. The Morgan fingerprint density at radius 1 is 1.47 bits per heavy atom. The van der Waals surface area contributed by atoms with Gasteiger partial charge in [-0.1, -0.05) is 25.4 Å². The van der Waals surface area contributed by atoms with E-state index in [0.717, 1.165) is 0 Å². The molecule has 0 aliphatic rings. The highest BCUT2D eigenvalue weighted by Gasteiger charge is 2.05. The van der Waals surface area contributed by atoms with Crippen molar-refractivity contribution in [1.82, 2.24) is 5.32 Å². The van der Waals surface area contributed by atoms with E-state index in [9.17, 15) is 9.18 Å². The van der Waals surface area contributed by atoms with E-state index >= 15 is 0 Å². The minimum absolute atomic E-state index is 0.0317. The van der Waals surface area contributed by atoms with Gasteiger partial charge >= 0.3 is 0 Å². The average molecular weight is 259 g/mol. The number of anilines is 1. The second-order valence-electron chi connectivity index (χ2n) is 4.18. The van der Waals surface area contributed by atoms with Gasteiger partial charge in [0.05, 0.1) is 12.2 Å². The van der Waals surface area contributed by atoms with Crippen molar-refractivity contribution >= 4 is 23.2 Å². The molecule has 1 aromatic rings. The first-order valence-corrected chi connectivity index (χ1v) is 5.82. The van der Waals surface area contributed by atoms with E-state index < -0.39 is 5.82 Å². The highest BCUT2D eigenvalue weighted by atomic mass is 35.5. The lowest BCUT2D eigenvalue weighted by molar-refractivity contribution is -0.119. The molecule has 0 fully saturated rings. The Hall–Kier alpha value is -1.29. The number of hydrogen-bond acceptors (Lipinski definition) is 2. The summed E-state index contributed by atoms with van der Waals surface area (Å²) >= 11 is 5.73. The van der Waals surface area contributed by atoms with Gasteiger partial charge in [-0.25, -0.2) is 4.39 Å². The van der Waals surface area contributed by atoms with E-state index in [4.69, 9.17) is 11.6 Å². The Bertz CT molecular complexity index is 396. The quantitative estimate of drug-likeness (QED) is 0.853. The molecule has 1 aromatic carbocycles. The van der Waals surface area contributed by atoms with Crippen molar-refractivity contribution in [2.75, 3.05) is 18.4 Å². The zero-order valence-electron chi connectivity index (χ0n) is 9.89. The maximum atomic E-state index is 13.3. The van der Waals surface area contributed by atoms with Crippen molar-refractivity contribution < 1.29 is 9.18 Å². The Kier molecular flexibility index (Phi) is 5.22. The maximum Gasteiger partial charge on any atom is 0.239 e. The average Bonchev–Trinajstić information content (AvgIpc) is 2.27. The molecule has 0 aliphatic heterocycles. The lowest BCUT2D eigenvalue weighted by Crippen LogP contribution is -2.32. The van der Waals surface area contributed by atoms with Crippen LogP contribution in [0.25, 0.3) is 0 Å². The van der Waals surface area contributed by atoms with Gasteiger partial charge in [-0.2, -0.15) is 0 Å². The summed E-state index contributed by atoms with van der Waals surface area (Å²) < 4.78 is 13.3. The minimum atomic E-state index is -0.425. The van der Waals surface area contributed by atoms with Crippen LogP contribution in [0.5, 0.6) is 0 Å². The molecule has 17 heavy (non-hydrogen) atoms. The first-order valence-electron chi connectivity index (χ1n) is 5.44. The fourth-order valence-corrected chi connectivity index (χ4v) is 1.36. The highest BCUT2D eigenvalue weighted by Crippen LogP contribution is 2.18. The second kappa shape index (κ2) is 6.45. The van der Waals surface area contributed by atoms with E-state index in [2.05, 4.69) is 10.6 Å². The first-order chi connectivity index (χ1) is 7.99. The number of hydrogen-bond donors (Lipinski definition) is 2. The summed E-state index contributed by atoms with van der Waals surface area (Å²) in [6.07, 6.45) is 0. The van der Waals surface area contributed by atoms with Crippen molar-refractivity contribution in [3.8, 4) is 0 Å². The molecule has 94 valence electrons. The molecular formula is C12H16ClFN2O. The van der Waals surface area contributed by atoms with Crippen LogP contribution in [0.15, 0.2) is 18.2 Å². The maximum absolute atomic E-state index is 13.3. The largest absolute Gasteiger partial charge is 0.374 e. The van der Waals surface area contributed by atoms with Crippen LogP contribution in [0.2, 0.25) is 5.02 Å². The monoisotopic (exact) mass is 258 g/mol. The second-order valence-corrected chi connectivity index (χ2v) is 4.61. The van der Waals surface area contributed by atoms with Crippen molar-refractivity contribution in [1.29, 1.82) is 0 Å². The molecule has 3 nitrogen and oxygen atoms in total. The standard InChI is InChI=1S/C12H16ClFN2O/c1-8(2)6-16-12(17)7-15-11-5-9(13)3-4-10(11)14/h3-5,8,15H,6-7H2,1-2H3,(H,16,17). The van der Waals surface area contributed by atoms with Crippen LogP contribution in [0.3, 0.4) is 0 Å². The van der Waals surface area contributed by atoms with Gasteiger partial charge in [0.1, 0.15) is 5.82 Å². The Morgan fingerprint density at radius 3 is 2.82 bits per heavy atom. The van der Waals surface area contributed by atoms with E-state index in [-0.39, 0.29) is 18.1 Å². The number of rotatable bonds is 5. The third-order valence-electron chi connectivity index (χ3n) is 2.08. The van der Waals surface area contributed by atoms with E-state index in [0.29, 0.717) is 17.5 Å². The van der Waals surface area contributed by atoms with Crippen LogP contribution >= 0.6 is 11.6 Å². The highest BCUT2D eigenvalue weighted by molar-refractivity contribution is 6.30. The van der Waals surface area contributed by atoms with Gasteiger partial charge in [0, 0.05) is 11.6 Å². The molecule has 1 rings (SSSR count). The van der Waals surface area contributed by atoms with Crippen molar-refractivity contribution in [3.63, 3.8) is 0 Å². The van der Waals surface area contributed by atoms with Crippen LogP contribution in [0, 0.1) is 11.7 Å². The van der Waals surface area contributed by atoms with E-state index in [1.165, 1.54) is 18.2 Å². The molecule has 0 heterocycles. The topological polar surface area (TPSA) is 41.1 Å². The number of carbonyl (C=O) groups is 1. The van der Waals surface area contributed by atoms with Crippen LogP contribution in [0.4, 0.5) is 10.1 Å². The molecule has 5 heteroatoms. The third-order valence-corrected chi connectivity index (χ3v) is 2.31. The summed E-state index contributed by atoms with van der Waals surface area (Å²) in [5.41, 5.74) is 0.234. The lowest BCUT2D eigenvalue weighted by Gasteiger charge is -2.10. The van der Waals surface area contributed by atoms with Gasteiger partial charge < -0.3 is 10.6 Å². The van der Waals surface area contributed by atoms with Crippen LogP contribution in [-0.2, 0) is 4.79 Å². The Balaban J connectivity index is 2.44. The summed E-state index contributed by atoms with van der Waals surface area (Å²) in [7, 11) is 0. The molecule has 0 saturated heterocycles. The Morgan fingerprint density at radius 2 is 2.18 bits per heavy atom. The van der Waals surface area contributed by atoms with Crippen molar-refractivity contribution in [2.45, 2.75) is 13.8 Å². The molecule has 2 N–H and O–H groups in total. The summed E-state index contributed by atoms with van der Waals surface area (Å²) in [4.78, 5) is 11.4. The van der Waals surface area contributed by atoms with Gasteiger partial charge in [-0.05, 0) is 24.1 Å². The molecule has 0 radical (unpaired) electrons. The molecule has 0 bridgehead atoms. The molecule has 0 aromatic heterocycles. The fraction of sp³-hybridized carbons (Fsp3) is 0.417. The van der Waals surface area contributed by atoms with E-state index in [1.807, 2.05) is 13.8 Å². The SMILES string of the molecule is CC(C)CNC(=O)CNc1cc(Cl)ccc1F. The molecule has 0 saturated carbocycles. The van der Waals surface area contributed by atoms with Crippen LogP contribution in [-0.4, -0.2) is 19.0 Å². The number of halogens is 2. The zero-order valence-corrected chi connectivity index (χ0v) is 10.6. The number of nitrogens with one attached hydrogen (secondary N) is 2. The summed E-state index contributed by atoms with van der Waals surface area (Å²) in [6.45, 7) is 4.65. The van der Waals surface area contributed by atoms with E-state index in [1.54, 1.807) is 0 Å². The van der Waals surface area contributed by atoms with Gasteiger partial charge in [-0.3, -0.25) is 4.79 Å². The fourth-order valence-electron chi connectivity index (χ4n) is 1.19. The van der Waals surface area contributed by atoms with Crippen molar-refractivity contribution in [2.24, 2.45) is 5.92 Å². The van der Waals surface area contributed by atoms with Crippen LogP contribution in [0.1, 0.15) is 13.8 Å².